The summed E-state index contributed by atoms with van der Waals surface area (Å²) in [5.74, 6) is 0.946. The van der Waals surface area contributed by atoms with Crippen LogP contribution in [0.5, 0.6) is 0 Å². The van der Waals surface area contributed by atoms with Crippen LogP contribution in [0.15, 0.2) is 30.9 Å². The van der Waals surface area contributed by atoms with Crippen LogP contribution in [-0.4, -0.2) is 47.9 Å². The molecule has 0 saturated carbocycles. The topological polar surface area (TPSA) is 77.0 Å². The molecule has 1 aliphatic rings. The first-order valence-corrected chi connectivity index (χ1v) is 6.68. The van der Waals surface area contributed by atoms with Crippen molar-refractivity contribution in [3.05, 3.63) is 30.9 Å². The Bertz CT molecular complexity index is 703. The van der Waals surface area contributed by atoms with E-state index >= 15 is 0 Å². The fourth-order valence-electron chi connectivity index (χ4n) is 2.68. The molecule has 0 spiro atoms. The van der Waals surface area contributed by atoms with E-state index in [1.54, 1.807) is 17.0 Å². The lowest BCUT2D eigenvalue weighted by molar-refractivity contribution is 0.367. The predicted molar refractivity (Wildman–Crippen MR) is 71.3 cm³/mol. The smallest absolute Gasteiger partial charge is 0.177 e. The molecule has 3 aromatic heterocycles. The van der Waals surface area contributed by atoms with Crippen LogP contribution in [0.25, 0.3) is 5.65 Å². The van der Waals surface area contributed by atoms with E-state index in [-0.39, 0.29) is 0 Å². The average molecular weight is 270 g/mol. The van der Waals surface area contributed by atoms with Gasteiger partial charge in [-0.3, -0.25) is 0 Å². The lowest BCUT2D eigenvalue weighted by Gasteiger charge is -2.33. The van der Waals surface area contributed by atoms with E-state index in [0.717, 1.165) is 37.4 Å². The molecule has 0 bridgehead atoms. The van der Waals surface area contributed by atoms with Crippen molar-refractivity contribution in [2.45, 2.75) is 18.9 Å². The van der Waals surface area contributed by atoms with E-state index < -0.39 is 0 Å². The summed E-state index contributed by atoms with van der Waals surface area (Å²) in [5.41, 5.74) is 0.763. The highest BCUT2D eigenvalue weighted by Gasteiger charge is 2.23. The Morgan fingerprint density at radius 3 is 3.10 bits per heavy atom. The van der Waals surface area contributed by atoms with Crippen LogP contribution < -0.4 is 4.90 Å². The molecular weight excluding hydrogens is 256 g/mol. The minimum atomic E-state index is 0.352. The number of anilines is 1. The van der Waals surface area contributed by atoms with Gasteiger partial charge in [-0.2, -0.15) is 4.52 Å². The maximum absolute atomic E-state index is 4.55. The third kappa shape index (κ3) is 1.89. The summed E-state index contributed by atoms with van der Waals surface area (Å²) >= 11 is 0. The largest absolute Gasteiger partial charge is 0.353 e. The fourth-order valence-corrected chi connectivity index (χ4v) is 2.68. The number of nitrogens with zero attached hydrogens (tertiary/aromatic N) is 8. The zero-order chi connectivity index (χ0) is 13.4. The predicted octanol–water partition coefficient (Wildman–Crippen LogP) is 0.557. The summed E-state index contributed by atoms with van der Waals surface area (Å²) < 4.78 is 3.64. The van der Waals surface area contributed by atoms with Gasteiger partial charge < -0.3 is 4.90 Å². The van der Waals surface area contributed by atoms with E-state index in [4.69, 9.17) is 0 Å². The summed E-state index contributed by atoms with van der Waals surface area (Å²) in [6, 6.07) is 4.28. The molecule has 0 N–H and O–H groups in total. The molecule has 1 unspecified atom stereocenters. The van der Waals surface area contributed by atoms with Crippen molar-refractivity contribution in [1.29, 1.82) is 0 Å². The van der Waals surface area contributed by atoms with Crippen molar-refractivity contribution in [3.8, 4) is 0 Å². The molecule has 20 heavy (non-hydrogen) atoms. The number of aromatic nitrogens is 7. The number of rotatable bonds is 2. The maximum atomic E-state index is 4.55. The Kier molecular flexibility index (Phi) is 2.58. The van der Waals surface area contributed by atoms with Gasteiger partial charge in [-0.25, -0.2) is 4.68 Å². The molecule has 0 aromatic carbocycles. The maximum Gasteiger partial charge on any atom is 0.177 e. The van der Waals surface area contributed by atoms with Gasteiger partial charge in [0.15, 0.2) is 5.65 Å². The third-order valence-corrected chi connectivity index (χ3v) is 3.68. The van der Waals surface area contributed by atoms with E-state index in [1.807, 2.05) is 23.0 Å². The highest BCUT2D eigenvalue weighted by atomic mass is 15.4. The molecule has 1 aliphatic heterocycles. The Morgan fingerprint density at radius 1 is 1.20 bits per heavy atom. The lowest BCUT2D eigenvalue weighted by Crippen LogP contribution is -2.37. The van der Waals surface area contributed by atoms with E-state index in [9.17, 15) is 0 Å². The molecule has 0 amide bonds. The standard InChI is InChI=1S/C12H14N8/c1-2-10(19-7-5-13-17-19)8-18(6-1)12-4-3-11-15-14-9-20(11)16-12/h3-5,7,9-10H,1-2,6,8H2. The summed E-state index contributed by atoms with van der Waals surface area (Å²) in [5, 5.41) is 20.4. The first kappa shape index (κ1) is 11.3. The third-order valence-electron chi connectivity index (χ3n) is 3.68. The van der Waals surface area contributed by atoms with Crippen LogP contribution >= 0.6 is 0 Å². The number of piperidine rings is 1. The van der Waals surface area contributed by atoms with Gasteiger partial charge in [-0.15, -0.1) is 20.4 Å². The van der Waals surface area contributed by atoms with E-state index in [2.05, 4.69) is 30.5 Å². The molecule has 102 valence electrons. The van der Waals surface area contributed by atoms with Crippen LogP contribution in [0.1, 0.15) is 18.9 Å². The van der Waals surface area contributed by atoms with Gasteiger partial charge in [0, 0.05) is 19.3 Å². The van der Waals surface area contributed by atoms with Gasteiger partial charge in [0.2, 0.25) is 0 Å². The Labute approximate surface area is 115 Å². The molecule has 0 radical (unpaired) electrons. The van der Waals surface area contributed by atoms with Gasteiger partial charge in [0.25, 0.3) is 0 Å². The SMILES string of the molecule is c1cn(C2CCCN(c3ccc4nncn4n3)C2)nn1. The van der Waals surface area contributed by atoms with Crippen molar-refractivity contribution < 1.29 is 0 Å². The first-order valence-electron chi connectivity index (χ1n) is 6.68. The molecule has 3 aromatic rings. The normalized spacial score (nSPS) is 19.6. The zero-order valence-electron chi connectivity index (χ0n) is 10.9. The number of fused-ring (bicyclic) bond motifs is 1. The van der Waals surface area contributed by atoms with Crippen molar-refractivity contribution in [1.82, 2.24) is 34.8 Å². The quantitative estimate of drug-likeness (QED) is 0.677. The Balaban J connectivity index is 1.61. The van der Waals surface area contributed by atoms with Crippen LogP contribution in [0.2, 0.25) is 0 Å². The van der Waals surface area contributed by atoms with Crippen LogP contribution in [0, 0.1) is 0 Å². The molecule has 0 aliphatic carbocycles. The Morgan fingerprint density at radius 2 is 2.20 bits per heavy atom. The molecule has 4 rings (SSSR count). The van der Waals surface area contributed by atoms with Gasteiger partial charge >= 0.3 is 0 Å². The van der Waals surface area contributed by atoms with Crippen molar-refractivity contribution in [3.63, 3.8) is 0 Å². The molecule has 4 heterocycles. The number of hydrogen-bond donors (Lipinski definition) is 0. The van der Waals surface area contributed by atoms with Gasteiger partial charge in [-0.05, 0) is 25.0 Å². The second kappa shape index (κ2) is 4.55. The van der Waals surface area contributed by atoms with E-state index in [0.29, 0.717) is 6.04 Å². The second-order valence-corrected chi connectivity index (χ2v) is 4.95. The van der Waals surface area contributed by atoms with Crippen LogP contribution in [0.3, 0.4) is 0 Å². The van der Waals surface area contributed by atoms with E-state index in [1.165, 1.54) is 0 Å². The van der Waals surface area contributed by atoms with Crippen molar-refractivity contribution >= 4 is 11.5 Å². The second-order valence-electron chi connectivity index (χ2n) is 4.95. The molecule has 1 fully saturated rings. The lowest BCUT2D eigenvalue weighted by atomic mass is 10.1. The summed E-state index contributed by atoms with van der Waals surface area (Å²) in [6.07, 6.45) is 7.50. The molecular formula is C12H14N8. The van der Waals surface area contributed by atoms with Crippen LogP contribution in [-0.2, 0) is 0 Å². The number of hydrogen-bond acceptors (Lipinski definition) is 6. The highest BCUT2D eigenvalue weighted by Crippen LogP contribution is 2.24. The van der Waals surface area contributed by atoms with Gasteiger partial charge in [0.05, 0.1) is 12.2 Å². The molecule has 8 heteroatoms. The minimum absolute atomic E-state index is 0.352. The summed E-state index contributed by atoms with van der Waals surface area (Å²) in [6.45, 7) is 1.90. The molecule has 8 nitrogen and oxygen atoms in total. The van der Waals surface area contributed by atoms with Crippen molar-refractivity contribution in [2.24, 2.45) is 0 Å². The summed E-state index contributed by atoms with van der Waals surface area (Å²) in [7, 11) is 0. The minimum Gasteiger partial charge on any atom is -0.353 e. The zero-order valence-corrected chi connectivity index (χ0v) is 10.9. The van der Waals surface area contributed by atoms with Crippen molar-refractivity contribution in [2.75, 3.05) is 18.0 Å². The molecule has 1 atom stereocenters. The van der Waals surface area contributed by atoms with Crippen LogP contribution in [0.4, 0.5) is 5.82 Å². The average Bonchev–Trinajstić information content (AvgIpc) is 3.18. The molecule has 1 saturated heterocycles. The highest BCUT2D eigenvalue weighted by molar-refractivity contribution is 5.45. The monoisotopic (exact) mass is 270 g/mol. The Hall–Kier alpha value is -2.51. The van der Waals surface area contributed by atoms with Gasteiger partial charge in [-0.1, -0.05) is 5.21 Å². The fraction of sp³-hybridized carbons (Fsp3) is 0.417. The van der Waals surface area contributed by atoms with Gasteiger partial charge in [0.1, 0.15) is 12.1 Å². The summed E-state index contributed by atoms with van der Waals surface area (Å²) in [4.78, 5) is 2.27. The first-order chi connectivity index (χ1) is 9.90.